The summed E-state index contributed by atoms with van der Waals surface area (Å²) in [6, 6.07) is 5.72. The summed E-state index contributed by atoms with van der Waals surface area (Å²) in [6.45, 7) is 1.06. The maximum atomic E-state index is 10.4. The summed E-state index contributed by atoms with van der Waals surface area (Å²) in [7, 11) is 0. The lowest BCUT2D eigenvalue weighted by molar-refractivity contribution is -0.384. The minimum Gasteiger partial charge on any atom is -0.491 e. The van der Waals surface area contributed by atoms with Gasteiger partial charge in [-0.05, 0) is 12.1 Å². The highest BCUT2D eigenvalue weighted by Crippen LogP contribution is 2.16. The van der Waals surface area contributed by atoms with Gasteiger partial charge in [0.15, 0.2) is 0 Å². The van der Waals surface area contributed by atoms with Crippen molar-refractivity contribution < 1.29 is 24.3 Å². The highest BCUT2D eigenvalue weighted by Gasteiger charge is 2.03. The molecule has 2 N–H and O–H groups in total. The van der Waals surface area contributed by atoms with E-state index in [1.165, 1.54) is 24.3 Å². The van der Waals surface area contributed by atoms with Crippen molar-refractivity contribution >= 4 is 11.8 Å². The number of nitrogens with one attached hydrogen (secondary N) is 1. The molecule has 0 aliphatic carbocycles. The minimum absolute atomic E-state index is 0.00310. The number of nitro groups is 1. The zero-order valence-corrected chi connectivity index (χ0v) is 10.1. The molecule has 0 atom stereocenters. The Morgan fingerprint density at radius 3 is 2.53 bits per heavy atom. The zero-order valence-electron chi connectivity index (χ0n) is 10.1. The maximum absolute atomic E-state index is 10.4. The van der Waals surface area contributed by atoms with Crippen LogP contribution in [0.25, 0.3) is 0 Å². The van der Waals surface area contributed by atoms with Crippen molar-refractivity contribution in [1.82, 2.24) is 5.32 Å². The Hall–Kier alpha value is -2.35. The number of rotatable bonds is 8. The number of hydrogen-bond donors (Lipinski definition) is 2. The molecule has 0 aliphatic rings. The molecule has 1 amide bonds. The Bertz CT molecular complexity index is 420. The van der Waals surface area contributed by atoms with E-state index in [2.05, 4.69) is 5.32 Å². The number of nitro benzene ring substituents is 1. The van der Waals surface area contributed by atoms with Crippen LogP contribution < -0.4 is 10.1 Å². The zero-order chi connectivity index (χ0) is 14.1. The highest BCUT2D eigenvalue weighted by molar-refractivity contribution is 5.64. The number of benzene rings is 1. The van der Waals surface area contributed by atoms with E-state index in [1.54, 1.807) is 0 Å². The Kier molecular flexibility index (Phi) is 6.10. The lowest BCUT2D eigenvalue weighted by Crippen LogP contribution is -2.25. The molecule has 0 bridgehead atoms. The molecule has 0 spiro atoms. The Morgan fingerprint density at radius 1 is 1.26 bits per heavy atom. The second-order valence-corrected chi connectivity index (χ2v) is 3.44. The molecule has 0 fully saturated rings. The second kappa shape index (κ2) is 7.88. The van der Waals surface area contributed by atoms with Crippen molar-refractivity contribution in [1.29, 1.82) is 0 Å². The van der Waals surface area contributed by atoms with E-state index < -0.39 is 11.0 Å². The smallest absolute Gasteiger partial charge is 0.404 e. The molecule has 0 saturated heterocycles. The van der Waals surface area contributed by atoms with Crippen molar-refractivity contribution in [2.45, 2.75) is 0 Å². The monoisotopic (exact) mass is 270 g/mol. The summed E-state index contributed by atoms with van der Waals surface area (Å²) < 4.78 is 10.4. The van der Waals surface area contributed by atoms with Crippen LogP contribution in [0, 0.1) is 10.1 Å². The van der Waals surface area contributed by atoms with Crippen molar-refractivity contribution in [2.24, 2.45) is 0 Å². The average molecular weight is 270 g/mol. The molecule has 0 unspecified atom stereocenters. The van der Waals surface area contributed by atoms with Crippen molar-refractivity contribution in [3.8, 4) is 5.75 Å². The van der Waals surface area contributed by atoms with Crippen LogP contribution in [0.5, 0.6) is 5.75 Å². The van der Waals surface area contributed by atoms with Gasteiger partial charge < -0.3 is 19.9 Å². The van der Waals surface area contributed by atoms with Gasteiger partial charge >= 0.3 is 6.09 Å². The van der Waals surface area contributed by atoms with E-state index in [9.17, 15) is 14.9 Å². The summed E-state index contributed by atoms with van der Waals surface area (Å²) in [5.41, 5.74) is 0.00310. The highest BCUT2D eigenvalue weighted by atomic mass is 16.6. The van der Waals surface area contributed by atoms with E-state index in [0.717, 1.165) is 0 Å². The fraction of sp³-hybridized carbons (Fsp3) is 0.364. The first-order valence-electron chi connectivity index (χ1n) is 5.51. The first-order chi connectivity index (χ1) is 9.09. The van der Waals surface area contributed by atoms with Crippen LogP contribution >= 0.6 is 0 Å². The Labute approximate surface area is 109 Å². The van der Waals surface area contributed by atoms with E-state index >= 15 is 0 Å². The molecule has 8 heteroatoms. The van der Waals surface area contributed by atoms with Crippen LogP contribution in [-0.2, 0) is 4.74 Å². The standard InChI is InChI=1S/C11H14N2O6/c14-11(15)12-5-6-18-7-8-19-10-3-1-9(2-4-10)13(16)17/h1-4,12H,5-8H2,(H,14,15). The minimum atomic E-state index is -1.09. The molecule has 0 saturated carbocycles. The van der Waals surface area contributed by atoms with Gasteiger partial charge in [-0.25, -0.2) is 4.79 Å². The molecule has 19 heavy (non-hydrogen) atoms. The van der Waals surface area contributed by atoms with Crippen LogP contribution in [0.1, 0.15) is 0 Å². The predicted molar refractivity (Wildman–Crippen MR) is 65.4 cm³/mol. The van der Waals surface area contributed by atoms with Gasteiger partial charge in [0, 0.05) is 18.7 Å². The second-order valence-electron chi connectivity index (χ2n) is 3.44. The van der Waals surface area contributed by atoms with Crippen LogP contribution in [0.2, 0.25) is 0 Å². The fourth-order valence-electron chi connectivity index (χ4n) is 1.21. The number of non-ortho nitro benzene ring substituents is 1. The molecular weight excluding hydrogens is 256 g/mol. The van der Waals surface area contributed by atoms with E-state index in [4.69, 9.17) is 14.6 Å². The van der Waals surface area contributed by atoms with E-state index in [0.29, 0.717) is 12.4 Å². The largest absolute Gasteiger partial charge is 0.491 e. The molecule has 1 rings (SSSR count). The third-order valence-corrected chi connectivity index (χ3v) is 2.07. The molecule has 0 aromatic heterocycles. The maximum Gasteiger partial charge on any atom is 0.404 e. The van der Waals surface area contributed by atoms with Crippen LogP contribution in [0.4, 0.5) is 10.5 Å². The van der Waals surface area contributed by atoms with Crippen LogP contribution in [-0.4, -0.2) is 42.5 Å². The summed E-state index contributed by atoms with van der Waals surface area (Å²) >= 11 is 0. The Morgan fingerprint density at radius 2 is 1.95 bits per heavy atom. The third-order valence-electron chi connectivity index (χ3n) is 2.07. The van der Waals surface area contributed by atoms with Gasteiger partial charge in [0.05, 0.1) is 18.1 Å². The number of amides is 1. The number of carbonyl (C=O) groups is 1. The van der Waals surface area contributed by atoms with Crippen LogP contribution in [0.3, 0.4) is 0 Å². The van der Waals surface area contributed by atoms with Gasteiger partial charge in [0.25, 0.3) is 5.69 Å². The molecule has 1 aromatic rings. The van der Waals surface area contributed by atoms with E-state index in [-0.39, 0.29) is 25.4 Å². The van der Waals surface area contributed by atoms with Gasteiger partial charge in [0.2, 0.25) is 0 Å². The van der Waals surface area contributed by atoms with Crippen LogP contribution in [0.15, 0.2) is 24.3 Å². The first-order valence-corrected chi connectivity index (χ1v) is 5.51. The summed E-state index contributed by atoms with van der Waals surface area (Å²) in [4.78, 5) is 20.0. The van der Waals surface area contributed by atoms with Gasteiger partial charge in [-0.15, -0.1) is 0 Å². The molecule has 0 radical (unpaired) electrons. The molecule has 104 valence electrons. The van der Waals surface area contributed by atoms with Crippen molar-refractivity contribution in [2.75, 3.05) is 26.4 Å². The summed E-state index contributed by atoms with van der Waals surface area (Å²) in [6.07, 6.45) is -1.09. The number of ether oxygens (including phenoxy) is 2. The molecule has 0 aliphatic heterocycles. The average Bonchev–Trinajstić information content (AvgIpc) is 2.38. The number of nitrogens with zero attached hydrogens (tertiary/aromatic N) is 1. The molecular formula is C11H14N2O6. The third kappa shape index (κ3) is 6.22. The normalized spacial score (nSPS) is 9.89. The van der Waals surface area contributed by atoms with E-state index in [1.807, 2.05) is 0 Å². The van der Waals surface area contributed by atoms with Crippen molar-refractivity contribution in [3.63, 3.8) is 0 Å². The Balaban J connectivity index is 2.12. The van der Waals surface area contributed by atoms with Gasteiger partial charge in [-0.3, -0.25) is 10.1 Å². The van der Waals surface area contributed by atoms with Gasteiger partial charge in [-0.2, -0.15) is 0 Å². The predicted octanol–water partition coefficient (Wildman–Crippen LogP) is 1.26. The molecule has 0 heterocycles. The molecule has 1 aromatic carbocycles. The molecule has 8 nitrogen and oxygen atoms in total. The SMILES string of the molecule is O=C(O)NCCOCCOc1ccc([N+](=O)[O-])cc1. The summed E-state index contributed by atoms with van der Waals surface area (Å²) in [5.74, 6) is 0.512. The quantitative estimate of drug-likeness (QED) is 0.418. The fourth-order valence-corrected chi connectivity index (χ4v) is 1.21. The number of hydrogen-bond acceptors (Lipinski definition) is 5. The topological polar surface area (TPSA) is 111 Å². The van der Waals surface area contributed by atoms with Crippen molar-refractivity contribution in [3.05, 3.63) is 34.4 Å². The van der Waals surface area contributed by atoms with Gasteiger partial charge in [-0.1, -0.05) is 0 Å². The lowest BCUT2D eigenvalue weighted by Gasteiger charge is -2.06. The van der Waals surface area contributed by atoms with Gasteiger partial charge in [0.1, 0.15) is 12.4 Å². The summed E-state index contributed by atoms with van der Waals surface area (Å²) in [5, 5.41) is 20.9. The first kappa shape index (κ1) is 14.7. The lowest BCUT2D eigenvalue weighted by atomic mass is 10.3. The number of carboxylic acid groups (broad SMARTS) is 1.